The molecule has 0 saturated heterocycles. The minimum absolute atomic E-state index is 0.113. The molecule has 33 heavy (non-hydrogen) atoms. The Balaban J connectivity index is 1.69. The highest BCUT2D eigenvalue weighted by molar-refractivity contribution is 7.92. The van der Waals surface area contributed by atoms with Gasteiger partial charge in [-0.05, 0) is 56.0 Å². The van der Waals surface area contributed by atoms with Crippen LogP contribution in [-0.4, -0.2) is 36.1 Å². The van der Waals surface area contributed by atoms with Gasteiger partial charge in [-0.3, -0.25) is 9.52 Å². The summed E-state index contributed by atoms with van der Waals surface area (Å²) in [5.41, 5.74) is -0.0218. The summed E-state index contributed by atoms with van der Waals surface area (Å²) in [5, 5.41) is 6.15. The lowest BCUT2D eigenvalue weighted by Gasteiger charge is -2.14. The predicted molar refractivity (Wildman–Crippen MR) is 123 cm³/mol. The van der Waals surface area contributed by atoms with E-state index in [-0.39, 0.29) is 11.3 Å². The maximum atomic E-state index is 15.0. The zero-order chi connectivity index (χ0) is 23.8. The number of nitrogens with one attached hydrogen (secondary N) is 3. The maximum absolute atomic E-state index is 15.0. The number of aryl methyl sites for hydroxylation is 1. The van der Waals surface area contributed by atoms with Crippen molar-refractivity contribution in [3.8, 4) is 0 Å². The van der Waals surface area contributed by atoms with Crippen LogP contribution in [-0.2, 0) is 10.0 Å². The molecule has 1 amide bonds. The number of anilines is 3. The molecule has 11 heteroatoms. The van der Waals surface area contributed by atoms with Gasteiger partial charge in [0.25, 0.3) is 5.91 Å². The smallest absolute Gasteiger partial charge is 0.258 e. The van der Waals surface area contributed by atoms with E-state index in [4.69, 9.17) is 0 Å². The SMILES string of the molecule is CCCS(=O)(=O)Nc1ccc(F)c(NC(=O)c2cc(C)cc3c(NC4CC4)ncnc23)c1F. The number of benzene rings is 2. The number of carbonyl (C=O) groups excluding carboxylic acids is 1. The number of halogens is 2. The molecule has 0 unspecified atom stereocenters. The molecule has 1 aliphatic carbocycles. The third-order valence-electron chi connectivity index (χ3n) is 5.11. The highest BCUT2D eigenvalue weighted by Gasteiger charge is 2.24. The molecule has 0 atom stereocenters. The van der Waals surface area contributed by atoms with Gasteiger partial charge >= 0.3 is 0 Å². The third kappa shape index (κ3) is 5.03. The summed E-state index contributed by atoms with van der Waals surface area (Å²) in [7, 11) is -3.81. The summed E-state index contributed by atoms with van der Waals surface area (Å²) in [6.45, 7) is 3.45. The van der Waals surface area contributed by atoms with Crippen molar-refractivity contribution in [2.45, 2.75) is 39.2 Å². The van der Waals surface area contributed by atoms with Gasteiger partial charge in [-0.15, -0.1) is 0 Å². The number of amides is 1. The van der Waals surface area contributed by atoms with Crippen molar-refractivity contribution in [3.05, 3.63) is 53.4 Å². The van der Waals surface area contributed by atoms with Gasteiger partial charge in [-0.25, -0.2) is 27.2 Å². The van der Waals surface area contributed by atoms with Crippen LogP contribution in [0.2, 0.25) is 0 Å². The Kier molecular flexibility index (Phi) is 6.15. The predicted octanol–water partition coefficient (Wildman–Crippen LogP) is 4.19. The summed E-state index contributed by atoms with van der Waals surface area (Å²) in [6.07, 6.45) is 3.70. The molecule has 0 bridgehead atoms. The first kappa shape index (κ1) is 22.8. The van der Waals surface area contributed by atoms with E-state index in [0.29, 0.717) is 29.2 Å². The monoisotopic (exact) mass is 475 g/mol. The van der Waals surface area contributed by atoms with Gasteiger partial charge in [0, 0.05) is 11.4 Å². The largest absolute Gasteiger partial charge is 0.367 e. The zero-order valence-corrected chi connectivity index (χ0v) is 18.9. The quantitative estimate of drug-likeness (QED) is 0.450. The molecule has 3 aromatic rings. The summed E-state index contributed by atoms with van der Waals surface area (Å²) in [4.78, 5) is 21.5. The average molecular weight is 476 g/mol. The molecular weight excluding hydrogens is 452 g/mol. The molecule has 1 saturated carbocycles. The first-order chi connectivity index (χ1) is 15.7. The zero-order valence-electron chi connectivity index (χ0n) is 18.1. The van der Waals surface area contributed by atoms with Crippen LogP contribution in [0.4, 0.5) is 26.0 Å². The topological polar surface area (TPSA) is 113 Å². The summed E-state index contributed by atoms with van der Waals surface area (Å²) < 4.78 is 55.5. The number of nitrogens with zero attached hydrogens (tertiary/aromatic N) is 2. The minimum atomic E-state index is -3.81. The number of hydrogen-bond acceptors (Lipinski definition) is 6. The molecule has 1 aliphatic rings. The van der Waals surface area contributed by atoms with E-state index < -0.39 is 38.9 Å². The van der Waals surface area contributed by atoms with Crippen molar-refractivity contribution in [3.63, 3.8) is 0 Å². The lowest BCUT2D eigenvalue weighted by Crippen LogP contribution is -2.19. The molecule has 8 nitrogen and oxygen atoms in total. The number of sulfonamides is 1. The standard InChI is InChI=1S/C22H23F2N5O3S/c1-3-8-33(31,32)29-17-7-6-16(23)20(18(17)24)28-22(30)15-10-12(2)9-14-19(15)25-11-26-21(14)27-13-4-5-13/h6-7,9-11,13,29H,3-5,8H2,1-2H3,(H,28,30)(H,25,26,27). The van der Waals surface area contributed by atoms with Crippen molar-refractivity contribution in [1.82, 2.24) is 9.97 Å². The Morgan fingerprint density at radius 3 is 2.64 bits per heavy atom. The number of fused-ring (bicyclic) bond motifs is 1. The number of rotatable bonds is 8. The van der Waals surface area contributed by atoms with Crippen molar-refractivity contribution in [2.24, 2.45) is 0 Å². The van der Waals surface area contributed by atoms with E-state index in [9.17, 15) is 22.0 Å². The molecule has 0 spiro atoms. The fraction of sp³-hybridized carbons (Fsp3) is 0.318. The Labute approximate surface area is 189 Å². The van der Waals surface area contributed by atoms with Gasteiger partial charge in [-0.2, -0.15) is 0 Å². The van der Waals surface area contributed by atoms with Crippen LogP contribution in [0.1, 0.15) is 42.1 Å². The fourth-order valence-corrected chi connectivity index (χ4v) is 4.57. The van der Waals surface area contributed by atoms with Crippen molar-refractivity contribution >= 4 is 44.0 Å². The molecule has 174 valence electrons. The summed E-state index contributed by atoms with van der Waals surface area (Å²) >= 11 is 0. The van der Waals surface area contributed by atoms with Crippen LogP contribution in [0.3, 0.4) is 0 Å². The van der Waals surface area contributed by atoms with E-state index in [1.54, 1.807) is 19.9 Å². The number of aromatic nitrogens is 2. The molecule has 1 heterocycles. The fourth-order valence-electron chi connectivity index (χ4n) is 3.44. The van der Waals surface area contributed by atoms with Crippen molar-refractivity contribution in [2.75, 3.05) is 21.1 Å². The van der Waals surface area contributed by atoms with E-state index in [2.05, 4.69) is 25.3 Å². The van der Waals surface area contributed by atoms with Crippen LogP contribution >= 0.6 is 0 Å². The Hall–Kier alpha value is -3.34. The average Bonchev–Trinajstić information content (AvgIpc) is 3.57. The Bertz CT molecular complexity index is 1340. The van der Waals surface area contributed by atoms with E-state index in [1.165, 1.54) is 6.33 Å². The van der Waals surface area contributed by atoms with E-state index in [1.807, 2.05) is 6.07 Å². The first-order valence-electron chi connectivity index (χ1n) is 10.5. The molecule has 0 aliphatic heterocycles. The second-order valence-electron chi connectivity index (χ2n) is 8.01. The van der Waals surface area contributed by atoms with Crippen LogP contribution in [0.15, 0.2) is 30.6 Å². The first-order valence-corrected chi connectivity index (χ1v) is 12.2. The van der Waals surface area contributed by atoms with Crippen molar-refractivity contribution in [1.29, 1.82) is 0 Å². The third-order valence-corrected chi connectivity index (χ3v) is 6.59. The van der Waals surface area contributed by atoms with Gasteiger partial charge in [0.2, 0.25) is 10.0 Å². The van der Waals surface area contributed by atoms with Gasteiger partial charge < -0.3 is 10.6 Å². The molecule has 2 aromatic carbocycles. The second kappa shape index (κ2) is 8.89. The highest BCUT2D eigenvalue weighted by Crippen LogP contribution is 2.31. The van der Waals surface area contributed by atoms with Crippen LogP contribution in [0.25, 0.3) is 10.9 Å². The minimum Gasteiger partial charge on any atom is -0.367 e. The highest BCUT2D eigenvalue weighted by atomic mass is 32.2. The Morgan fingerprint density at radius 1 is 1.18 bits per heavy atom. The van der Waals surface area contributed by atoms with Gasteiger partial charge in [-0.1, -0.05) is 6.92 Å². The maximum Gasteiger partial charge on any atom is 0.258 e. The van der Waals surface area contributed by atoms with E-state index >= 15 is 0 Å². The summed E-state index contributed by atoms with van der Waals surface area (Å²) in [6, 6.07) is 5.58. The molecule has 1 fully saturated rings. The lowest BCUT2D eigenvalue weighted by molar-refractivity contribution is 0.102. The van der Waals surface area contributed by atoms with Crippen LogP contribution in [0.5, 0.6) is 0 Å². The van der Waals surface area contributed by atoms with Gasteiger partial charge in [0.05, 0.1) is 22.5 Å². The lowest BCUT2D eigenvalue weighted by atomic mass is 10.1. The molecule has 1 aromatic heterocycles. The second-order valence-corrected chi connectivity index (χ2v) is 9.85. The summed E-state index contributed by atoms with van der Waals surface area (Å²) in [5.74, 6) is -2.68. The number of carbonyl (C=O) groups is 1. The van der Waals surface area contributed by atoms with Crippen molar-refractivity contribution < 1.29 is 22.0 Å². The molecular formula is C22H23F2N5O3S. The Morgan fingerprint density at radius 2 is 1.94 bits per heavy atom. The molecule has 0 radical (unpaired) electrons. The molecule has 3 N–H and O–H groups in total. The van der Waals surface area contributed by atoms with Gasteiger partial charge in [0.1, 0.15) is 23.6 Å². The van der Waals surface area contributed by atoms with Crippen LogP contribution in [0, 0.1) is 18.6 Å². The normalized spacial score (nSPS) is 13.7. The van der Waals surface area contributed by atoms with E-state index in [0.717, 1.165) is 30.5 Å². The number of hydrogen-bond donors (Lipinski definition) is 3. The van der Waals surface area contributed by atoms with Crippen LogP contribution < -0.4 is 15.4 Å². The molecule has 4 rings (SSSR count). The van der Waals surface area contributed by atoms with Gasteiger partial charge in [0.15, 0.2) is 5.82 Å².